The topological polar surface area (TPSA) is 29.3 Å². The fraction of sp³-hybridized carbons (Fsp3) is 0.200. The largest absolute Gasteiger partial charge is 0.397 e. The zero-order chi connectivity index (χ0) is 13.8. The monoisotopic (exact) mass is 322 g/mol. The van der Waals surface area contributed by atoms with Crippen LogP contribution in [-0.4, -0.2) is 13.6 Å². The summed E-state index contributed by atoms with van der Waals surface area (Å²) < 4.78 is 14.5. The van der Waals surface area contributed by atoms with E-state index in [2.05, 4.69) is 15.9 Å². The molecule has 19 heavy (non-hydrogen) atoms. The predicted octanol–water partition coefficient (Wildman–Crippen LogP) is 3.85. The molecule has 0 amide bonds. The van der Waals surface area contributed by atoms with E-state index in [0.29, 0.717) is 18.7 Å². The highest BCUT2D eigenvalue weighted by Gasteiger charge is 2.07. The van der Waals surface area contributed by atoms with Gasteiger partial charge < -0.3 is 10.6 Å². The van der Waals surface area contributed by atoms with Crippen molar-refractivity contribution in [3.8, 4) is 0 Å². The van der Waals surface area contributed by atoms with Gasteiger partial charge in [0.05, 0.1) is 11.4 Å². The van der Waals surface area contributed by atoms with Gasteiger partial charge in [-0.05, 0) is 36.2 Å². The third-order valence-electron chi connectivity index (χ3n) is 3.08. The fourth-order valence-corrected chi connectivity index (χ4v) is 2.36. The predicted molar refractivity (Wildman–Crippen MR) is 81.9 cm³/mol. The van der Waals surface area contributed by atoms with Crippen molar-refractivity contribution in [2.45, 2.75) is 6.42 Å². The first-order valence-electron chi connectivity index (χ1n) is 6.07. The molecule has 0 aromatic heterocycles. The smallest absolute Gasteiger partial charge is 0.126 e. The minimum absolute atomic E-state index is 0.153. The summed E-state index contributed by atoms with van der Waals surface area (Å²) in [7, 11) is 1.96. The van der Waals surface area contributed by atoms with Crippen LogP contribution in [0.3, 0.4) is 0 Å². The van der Waals surface area contributed by atoms with Crippen LogP contribution >= 0.6 is 15.9 Å². The molecule has 0 radical (unpaired) electrons. The Morgan fingerprint density at radius 1 is 1.21 bits per heavy atom. The van der Waals surface area contributed by atoms with Gasteiger partial charge in [-0.3, -0.25) is 0 Å². The zero-order valence-electron chi connectivity index (χ0n) is 10.7. The third kappa shape index (κ3) is 3.47. The standard InChI is InChI=1S/C15H16BrFN2/c1-19(15-7-6-12(16)10-14(15)18)9-8-11-4-2-3-5-13(11)17/h2-7,10H,8-9,18H2,1H3. The minimum Gasteiger partial charge on any atom is -0.397 e. The number of nitrogen functional groups attached to an aromatic ring is 1. The van der Waals surface area contributed by atoms with Gasteiger partial charge in [-0.25, -0.2) is 4.39 Å². The summed E-state index contributed by atoms with van der Waals surface area (Å²) in [5.74, 6) is -0.153. The molecule has 0 fully saturated rings. The number of rotatable bonds is 4. The van der Waals surface area contributed by atoms with Crippen molar-refractivity contribution < 1.29 is 4.39 Å². The number of nitrogens with two attached hydrogens (primary N) is 1. The third-order valence-corrected chi connectivity index (χ3v) is 3.57. The number of hydrogen-bond acceptors (Lipinski definition) is 2. The van der Waals surface area contributed by atoms with Gasteiger partial charge in [0.25, 0.3) is 0 Å². The van der Waals surface area contributed by atoms with Gasteiger partial charge in [-0.15, -0.1) is 0 Å². The van der Waals surface area contributed by atoms with Gasteiger partial charge in [0.2, 0.25) is 0 Å². The molecule has 2 nitrogen and oxygen atoms in total. The highest BCUT2D eigenvalue weighted by molar-refractivity contribution is 9.10. The Morgan fingerprint density at radius 3 is 2.63 bits per heavy atom. The van der Waals surface area contributed by atoms with Crippen LogP contribution in [0.2, 0.25) is 0 Å². The summed E-state index contributed by atoms with van der Waals surface area (Å²) in [5, 5.41) is 0. The van der Waals surface area contributed by atoms with Crippen molar-refractivity contribution >= 4 is 27.3 Å². The average Bonchev–Trinajstić information content (AvgIpc) is 2.37. The SMILES string of the molecule is CN(CCc1ccccc1F)c1ccc(Br)cc1N. The maximum Gasteiger partial charge on any atom is 0.126 e. The van der Waals surface area contributed by atoms with Gasteiger partial charge in [0, 0.05) is 18.1 Å². The lowest BCUT2D eigenvalue weighted by Crippen LogP contribution is -2.21. The van der Waals surface area contributed by atoms with Crippen molar-refractivity contribution in [1.29, 1.82) is 0 Å². The number of nitrogens with zero attached hydrogens (tertiary/aromatic N) is 1. The van der Waals surface area contributed by atoms with Gasteiger partial charge >= 0.3 is 0 Å². The van der Waals surface area contributed by atoms with Crippen LogP contribution in [0.5, 0.6) is 0 Å². The Labute approximate surface area is 121 Å². The van der Waals surface area contributed by atoms with Crippen LogP contribution in [-0.2, 0) is 6.42 Å². The molecule has 0 bridgehead atoms. The highest BCUT2D eigenvalue weighted by atomic mass is 79.9. The van der Waals surface area contributed by atoms with E-state index in [-0.39, 0.29) is 5.82 Å². The van der Waals surface area contributed by atoms with E-state index in [1.807, 2.05) is 42.3 Å². The van der Waals surface area contributed by atoms with Gasteiger partial charge in [0.1, 0.15) is 5.82 Å². The molecule has 0 aliphatic carbocycles. The van der Waals surface area contributed by atoms with Crippen molar-refractivity contribution in [2.75, 3.05) is 24.2 Å². The maximum absolute atomic E-state index is 13.5. The molecular formula is C15H16BrFN2. The van der Waals surface area contributed by atoms with E-state index in [9.17, 15) is 4.39 Å². The second-order valence-electron chi connectivity index (χ2n) is 4.47. The van der Waals surface area contributed by atoms with Crippen LogP contribution in [0.1, 0.15) is 5.56 Å². The van der Waals surface area contributed by atoms with Crippen molar-refractivity contribution in [3.05, 3.63) is 58.3 Å². The second-order valence-corrected chi connectivity index (χ2v) is 5.38. The normalized spacial score (nSPS) is 10.5. The average molecular weight is 323 g/mol. The van der Waals surface area contributed by atoms with E-state index in [4.69, 9.17) is 5.73 Å². The first-order valence-corrected chi connectivity index (χ1v) is 6.87. The molecule has 0 unspecified atom stereocenters. The van der Waals surface area contributed by atoms with Gasteiger partial charge in [-0.1, -0.05) is 34.1 Å². The first kappa shape index (κ1) is 13.9. The molecule has 4 heteroatoms. The number of halogens is 2. The lowest BCUT2D eigenvalue weighted by molar-refractivity contribution is 0.608. The zero-order valence-corrected chi connectivity index (χ0v) is 12.3. The molecule has 2 rings (SSSR count). The highest BCUT2D eigenvalue weighted by Crippen LogP contribution is 2.26. The molecule has 100 valence electrons. The quantitative estimate of drug-likeness (QED) is 0.866. The van der Waals surface area contributed by atoms with Crippen LogP contribution in [0, 0.1) is 5.82 Å². The summed E-state index contributed by atoms with van der Waals surface area (Å²) in [6.45, 7) is 0.715. The maximum atomic E-state index is 13.5. The van der Waals surface area contributed by atoms with Crippen LogP contribution in [0.4, 0.5) is 15.8 Å². The van der Waals surface area contributed by atoms with Crippen LogP contribution < -0.4 is 10.6 Å². The Hall–Kier alpha value is -1.55. The number of likely N-dealkylation sites (N-methyl/N-ethyl adjacent to an activating group) is 1. The van der Waals surface area contributed by atoms with Gasteiger partial charge in [-0.2, -0.15) is 0 Å². The summed E-state index contributed by atoms with van der Waals surface area (Å²) >= 11 is 3.38. The molecule has 2 N–H and O–H groups in total. The van der Waals surface area contributed by atoms with Crippen LogP contribution in [0.15, 0.2) is 46.9 Å². The van der Waals surface area contributed by atoms with Crippen LogP contribution in [0.25, 0.3) is 0 Å². The molecule has 2 aromatic carbocycles. The van der Waals surface area contributed by atoms with Crippen molar-refractivity contribution in [1.82, 2.24) is 0 Å². The summed E-state index contributed by atoms with van der Waals surface area (Å²) in [6.07, 6.45) is 0.651. The lowest BCUT2D eigenvalue weighted by Gasteiger charge is -2.21. The Bertz CT molecular complexity index is 572. The molecule has 0 heterocycles. The summed E-state index contributed by atoms with van der Waals surface area (Å²) in [5.41, 5.74) is 8.37. The minimum atomic E-state index is -0.153. The van der Waals surface area contributed by atoms with Gasteiger partial charge in [0.15, 0.2) is 0 Å². The molecule has 2 aromatic rings. The van der Waals surface area contributed by atoms with E-state index < -0.39 is 0 Å². The summed E-state index contributed by atoms with van der Waals surface area (Å²) in [6, 6.07) is 12.6. The lowest BCUT2D eigenvalue weighted by atomic mass is 10.1. The van der Waals surface area contributed by atoms with E-state index in [1.54, 1.807) is 6.07 Å². The van der Waals surface area contributed by atoms with E-state index in [1.165, 1.54) is 6.07 Å². The molecule has 0 saturated heterocycles. The molecule has 0 spiro atoms. The molecule has 0 atom stereocenters. The Morgan fingerprint density at radius 2 is 1.95 bits per heavy atom. The number of hydrogen-bond donors (Lipinski definition) is 1. The van der Waals surface area contributed by atoms with E-state index >= 15 is 0 Å². The number of anilines is 2. The Balaban J connectivity index is 2.05. The molecular weight excluding hydrogens is 307 g/mol. The Kier molecular flexibility index (Phi) is 4.43. The summed E-state index contributed by atoms with van der Waals surface area (Å²) in [4.78, 5) is 2.04. The van der Waals surface area contributed by atoms with Crippen molar-refractivity contribution in [2.24, 2.45) is 0 Å². The van der Waals surface area contributed by atoms with E-state index in [0.717, 1.165) is 15.7 Å². The number of benzene rings is 2. The first-order chi connectivity index (χ1) is 9.08. The van der Waals surface area contributed by atoms with Crippen molar-refractivity contribution in [3.63, 3.8) is 0 Å². The molecule has 0 aliphatic heterocycles. The fourth-order valence-electron chi connectivity index (χ4n) is 1.98. The molecule has 0 saturated carbocycles. The molecule has 0 aliphatic rings. The second kappa shape index (κ2) is 6.06.